The highest BCUT2D eigenvalue weighted by Gasteiger charge is 2.11. The Labute approximate surface area is 103 Å². The fraction of sp³-hybridized carbons (Fsp3) is 0.0833. The van der Waals surface area contributed by atoms with Crippen molar-refractivity contribution in [2.24, 2.45) is 0 Å². The van der Waals surface area contributed by atoms with E-state index in [0.29, 0.717) is 27.7 Å². The number of nitrogen functional groups attached to an aromatic ring is 1. The van der Waals surface area contributed by atoms with Gasteiger partial charge in [-0.15, -0.1) is 0 Å². The molecule has 0 fully saturated rings. The lowest BCUT2D eigenvalue weighted by molar-refractivity contribution is 0.102. The Kier molecular flexibility index (Phi) is 3.06. The maximum absolute atomic E-state index is 11.8. The van der Waals surface area contributed by atoms with Gasteiger partial charge < -0.3 is 15.5 Å². The molecule has 0 unspecified atom stereocenters. The molecule has 2 rings (SSSR count). The Morgan fingerprint density at radius 1 is 1.41 bits per heavy atom. The predicted molar refractivity (Wildman–Crippen MR) is 67.3 cm³/mol. The molecule has 1 heterocycles. The fourth-order valence-electron chi connectivity index (χ4n) is 1.42. The summed E-state index contributed by atoms with van der Waals surface area (Å²) in [5.41, 5.74) is 7.15. The molecule has 4 nitrogen and oxygen atoms in total. The van der Waals surface area contributed by atoms with Gasteiger partial charge in [0.1, 0.15) is 5.76 Å². The molecule has 0 spiro atoms. The SMILES string of the molecule is Cc1occc1C(=O)Nc1ccc(N)c(Cl)c1. The Bertz CT molecular complexity index is 563. The lowest BCUT2D eigenvalue weighted by Crippen LogP contribution is -2.12. The monoisotopic (exact) mass is 250 g/mol. The molecule has 5 heteroatoms. The molecule has 0 aliphatic heterocycles. The van der Waals surface area contributed by atoms with Crippen molar-refractivity contribution in [1.82, 2.24) is 0 Å². The minimum atomic E-state index is -0.239. The van der Waals surface area contributed by atoms with Crippen molar-refractivity contribution in [1.29, 1.82) is 0 Å². The van der Waals surface area contributed by atoms with Gasteiger partial charge in [-0.25, -0.2) is 0 Å². The number of hydrogen-bond donors (Lipinski definition) is 2. The maximum Gasteiger partial charge on any atom is 0.259 e. The lowest BCUT2D eigenvalue weighted by atomic mass is 10.2. The number of anilines is 2. The molecule has 3 N–H and O–H groups in total. The lowest BCUT2D eigenvalue weighted by Gasteiger charge is -2.05. The minimum absolute atomic E-state index is 0.239. The summed E-state index contributed by atoms with van der Waals surface area (Å²) >= 11 is 5.86. The molecule has 0 radical (unpaired) electrons. The van der Waals surface area contributed by atoms with Crippen LogP contribution in [0.1, 0.15) is 16.1 Å². The summed E-state index contributed by atoms with van der Waals surface area (Å²) in [5.74, 6) is 0.334. The van der Waals surface area contributed by atoms with E-state index in [-0.39, 0.29) is 5.91 Å². The van der Waals surface area contributed by atoms with Crippen LogP contribution in [0.25, 0.3) is 0 Å². The number of hydrogen-bond acceptors (Lipinski definition) is 3. The average molecular weight is 251 g/mol. The summed E-state index contributed by atoms with van der Waals surface area (Å²) in [7, 11) is 0. The van der Waals surface area contributed by atoms with Crippen LogP contribution in [0.4, 0.5) is 11.4 Å². The summed E-state index contributed by atoms with van der Waals surface area (Å²) < 4.78 is 5.06. The zero-order valence-electron chi connectivity index (χ0n) is 9.16. The third kappa shape index (κ3) is 2.42. The van der Waals surface area contributed by atoms with Gasteiger partial charge in [0.15, 0.2) is 0 Å². The molecule has 1 amide bonds. The first kappa shape index (κ1) is 11.5. The number of nitrogens with one attached hydrogen (secondary N) is 1. The predicted octanol–water partition coefficient (Wildman–Crippen LogP) is 3.08. The number of amides is 1. The standard InChI is InChI=1S/C12H11ClN2O2/c1-7-9(4-5-17-7)12(16)15-8-2-3-11(14)10(13)6-8/h2-6H,14H2,1H3,(H,15,16). The van der Waals surface area contributed by atoms with Gasteiger partial charge in [-0.1, -0.05) is 11.6 Å². The highest BCUT2D eigenvalue weighted by molar-refractivity contribution is 6.33. The number of aryl methyl sites for hydroxylation is 1. The van der Waals surface area contributed by atoms with Gasteiger partial charge in [0.25, 0.3) is 5.91 Å². The number of carbonyl (C=O) groups is 1. The highest BCUT2D eigenvalue weighted by atomic mass is 35.5. The summed E-state index contributed by atoms with van der Waals surface area (Å²) in [4.78, 5) is 11.8. The summed E-state index contributed by atoms with van der Waals surface area (Å²) in [6.07, 6.45) is 1.47. The van der Waals surface area contributed by atoms with Gasteiger partial charge in [-0.05, 0) is 31.2 Å². The van der Waals surface area contributed by atoms with E-state index in [4.69, 9.17) is 21.8 Å². The molecule has 1 aromatic carbocycles. The van der Waals surface area contributed by atoms with Crippen LogP contribution in [0.2, 0.25) is 5.02 Å². The number of furan rings is 1. The van der Waals surface area contributed by atoms with E-state index >= 15 is 0 Å². The molecular weight excluding hydrogens is 240 g/mol. The van der Waals surface area contributed by atoms with E-state index in [9.17, 15) is 4.79 Å². The van der Waals surface area contributed by atoms with E-state index in [1.54, 1.807) is 31.2 Å². The summed E-state index contributed by atoms with van der Waals surface area (Å²) in [5, 5.41) is 3.12. The van der Waals surface area contributed by atoms with Crippen molar-refractivity contribution in [2.75, 3.05) is 11.1 Å². The molecule has 88 valence electrons. The van der Waals surface area contributed by atoms with Crippen molar-refractivity contribution in [3.8, 4) is 0 Å². The Balaban J connectivity index is 2.19. The Morgan fingerprint density at radius 2 is 2.18 bits per heavy atom. The van der Waals surface area contributed by atoms with E-state index in [1.807, 2.05) is 0 Å². The number of carbonyl (C=O) groups excluding carboxylic acids is 1. The second-order valence-electron chi connectivity index (χ2n) is 3.58. The third-order valence-corrected chi connectivity index (χ3v) is 2.69. The van der Waals surface area contributed by atoms with Crippen LogP contribution in [0.15, 0.2) is 34.9 Å². The van der Waals surface area contributed by atoms with Gasteiger partial charge in [-0.2, -0.15) is 0 Å². The normalized spacial score (nSPS) is 10.2. The first-order chi connectivity index (χ1) is 8.08. The molecule has 0 aliphatic carbocycles. The number of halogens is 1. The van der Waals surface area contributed by atoms with Crippen LogP contribution in [0.3, 0.4) is 0 Å². The fourth-order valence-corrected chi connectivity index (χ4v) is 1.60. The molecule has 0 saturated carbocycles. The van der Waals surface area contributed by atoms with Crippen molar-refractivity contribution in [2.45, 2.75) is 6.92 Å². The zero-order valence-corrected chi connectivity index (χ0v) is 9.91. The molecule has 17 heavy (non-hydrogen) atoms. The van der Waals surface area contributed by atoms with E-state index in [0.717, 1.165) is 0 Å². The number of nitrogens with two attached hydrogens (primary N) is 1. The van der Waals surface area contributed by atoms with E-state index in [1.165, 1.54) is 6.26 Å². The molecule has 0 saturated heterocycles. The zero-order chi connectivity index (χ0) is 12.4. The Morgan fingerprint density at radius 3 is 2.76 bits per heavy atom. The van der Waals surface area contributed by atoms with Crippen LogP contribution >= 0.6 is 11.6 Å². The highest BCUT2D eigenvalue weighted by Crippen LogP contribution is 2.23. The van der Waals surface area contributed by atoms with Crippen molar-refractivity contribution in [3.05, 3.63) is 46.9 Å². The smallest absolute Gasteiger partial charge is 0.259 e. The number of benzene rings is 1. The van der Waals surface area contributed by atoms with Crippen molar-refractivity contribution >= 4 is 28.9 Å². The van der Waals surface area contributed by atoms with Crippen LogP contribution in [-0.4, -0.2) is 5.91 Å². The summed E-state index contributed by atoms with van der Waals surface area (Å²) in [6, 6.07) is 6.54. The first-order valence-electron chi connectivity index (χ1n) is 4.98. The van der Waals surface area contributed by atoms with Gasteiger partial charge >= 0.3 is 0 Å². The third-order valence-electron chi connectivity index (χ3n) is 2.36. The van der Waals surface area contributed by atoms with Gasteiger partial charge in [0.2, 0.25) is 0 Å². The van der Waals surface area contributed by atoms with Crippen molar-refractivity contribution in [3.63, 3.8) is 0 Å². The van der Waals surface area contributed by atoms with Crippen LogP contribution in [0.5, 0.6) is 0 Å². The Hall–Kier alpha value is -1.94. The summed E-state index contributed by atoms with van der Waals surface area (Å²) in [6.45, 7) is 1.73. The van der Waals surface area contributed by atoms with Gasteiger partial charge in [0, 0.05) is 5.69 Å². The van der Waals surface area contributed by atoms with Crippen LogP contribution in [-0.2, 0) is 0 Å². The van der Waals surface area contributed by atoms with Crippen LogP contribution in [0, 0.1) is 6.92 Å². The molecule has 0 aliphatic rings. The molecule has 0 bridgehead atoms. The largest absolute Gasteiger partial charge is 0.469 e. The molecule has 1 aromatic heterocycles. The van der Waals surface area contributed by atoms with Crippen LogP contribution < -0.4 is 11.1 Å². The van der Waals surface area contributed by atoms with Gasteiger partial charge in [-0.3, -0.25) is 4.79 Å². The molecule has 2 aromatic rings. The molecule has 0 atom stereocenters. The minimum Gasteiger partial charge on any atom is -0.469 e. The maximum atomic E-state index is 11.8. The topological polar surface area (TPSA) is 68.3 Å². The van der Waals surface area contributed by atoms with Gasteiger partial charge in [0.05, 0.1) is 22.5 Å². The second-order valence-corrected chi connectivity index (χ2v) is 3.99. The quantitative estimate of drug-likeness (QED) is 0.805. The molecular formula is C12H11ClN2O2. The second kappa shape index (κ2) is 4.51. The van der Waals surface area contributed by atoms with Crippen molar-refractivity contribution < 1.29 is 9.21 Å². The first-order valence-corrected chi connectivity index (χ1v) is 5.36. The average Bonchev–Trinajstić information content (AvgIpc) is 2.70. The van der Waals surface area contributed by atoms with E-state index < -0.39 is 0 Å². The number of rotatable bonds is 2. The van der Waals surface area contributed by atoms with E-state index in [2.05, 4.69) is 5.32 Å².